The van der Waals surface area contributed by atoms with Gasteiger partial charge in [0.15, 0.2) is 0 Å². The molecule has 1 aliphatic carbocycles. The molecular formula is C17H25N3O. The summed E-state index contributed by atoms with van der Waals surface area (Å²) >= 11 is 0. The maximum atomic E-state index is 12.4. The van der Waals surface area contributed by atoms with E-state index in [1.807, 2.05) is 12.3 Å². The standard InChI is InChI=1S/C17H25N3O/c1-12-8-9-18-10-14(12)11-19-17(21)16-7-6-13-4-2-3-5-15(13)20-16/h8-10,13,15-16,20H,2-7,11H2,1H3,(H,19,21). The van der Waals surface area contributed by atoms with Crippen LogP contribution in [0.5, 0.6) is 0 Å². The summed E-state index contributed by atoms with van der Waals surface area (Å²) in [7, 11) is 0. The number of aromatic nitrogens is 1. The highest BCUT2D eigenvalue weighted by Crippen LogP contribution is 2.32. The largest absolute Gasteiger partial charge is 0.351 e. The molecule has 0 spiro atoms. The predicted molar refractivity (Wildman–Crippen MR) is 82.7 cm³/mol. The van der Waals surface area contributed by atoms with Gasteiger partial charge < -0.3 is 10.6 Å². The minimum Gasteiger partial charge on any atom is -0.351 e. The summed E-state index contributed by atoms with van der Waals surface area (Å²) in [6.07, 6.45) is 11.0. The fourth-order valence-electron chi connectivity index (χ4n) is 3.69. The molecule has 3 atom stereocenters. The minimum atomic E-state index is -0.0127. The van der Waals surface area contributed by atoms with Gasteiger partial charge in [-0.2, -0.15) is 0 Å². The zero-order valence-corrected chi connectivity index (χ0v) is 12.8. The molecule has 2 aliphatic rings. The van der Waals surface area contributed by atoms with E-state index in [-0.39, 0.29) is 11.9 Å². The first-order valence-corrected chi connectivity index (χ1v) is 8.17. The van der Waals surface area contributed by atoms with Gasteiger partial charge in [-0.15, -0.1) is 0 Å². The molecule has 2 heterocycles. The monoisotopic (exact) mass is 287 g/mol. The number of pyridine rings is 1. The van der Waals surface area contributed by atoms with E-state index in [9.17, 15) is 4.79 Å². The molecule has 2 N–H and O–H groups in total. The van der Waals surface area contributed by atoms with Crippen LogP contribution in [0.2, 0.25) is 0 Å². The van der Waals surface area contributed by atoms with Crippen molar-refractivity contribution in [3.8, 4) is 0 Å². The molecular weight excluding hydrogens is 262 g/mol. The number of aryl methyl sites for hydroxylation is 1. The number of carbonyl (C=O) groups is 1. The second kappa shape index (κ2) is 6.56. The van der Waals surface area contributed by atoms with Crippen molar-refractivity contribution in [1.82, 2.24) is 15.6 Å². The van der Waals surface area contributed by atoms with E-state index in [2.05, 4.69) is 22.5 Å². The third kappa shape index (κ3) is 3.43. The van der Waals surface area contributed by atoms with Crippen LogP contribution in [0.4, 0.5) is 0 Å². The first-order valence-electron chi connectivity index (χ1n) is 8.17. The average molecular weight is 287 g/mol. The lowest BCUT2D eigenvalue weighted by Crippen LogP contribution is -2.54. The molecule has 0 bridgehead atoms. The Bertz CT molecular complexity index is 503. The van der Waals surface area contributed by atoms with Gasteiger partial charge in [-0.05, 0) is 55.7 Å². The van der Waals surface area contributed by atoms with Gasteiger partial charge in [0, 0.05) is 25.0 Å². The van der Waals surface area contributed by atoms with E-state index in [4.69, 9.17) is 0 Å². The SMILES string of the molecule is Cc1ccncc1CNC(=O)C1CCC2CCCCC2N1. The van der Waals surface area contributed by atoms with Crippen LogP contribution in [-0.2, 0) is 11.3 Å². The van der Waals surface area contributed by atoms with Gasteiger partial charge in [-0.1, -0.05) is 12.8 Å². The van der Waals surface area contributed by atoms with Crippen LogP contribution in [0, 0.1) is 12.8 Å². The van der Waals surface area contributed by atoms with E-state index in [1.54, 1.807) is 6.20 Å². The fraction of sp³-hybridized carbons (Fsp3) is 0.647. The van der Waals surface area contributed by atoms with E-state index < -0.39 is 0 Å². The molecule has 21 heavy (non-hydrogen) atoms. The van der Waals surface area contributed by atoms with Gasteiger partial charge in [0.05, 0.1) is 6.04 Å². The smallest absolute Gasteiger partial charge is 0.237 e. The normalized spacial score (nSPS) is 28.7. The Hall–Kier alpha value is -1.42. The molecule has 3 unspecified atom stereocenters. The van der Waals surface area contributed by atoms with E-state index in [0.717, 1.165) is 17.9 Å². The van der Waals surface area contributed by atoms with Crippen molar-refractivity contribution in [3.63, 3.8) is 0 Å². The summed E-state index contributed by atoms with van der Waals surface area (Å²) in [5.41, 5.74) is 2.27. The van der Waals surface area contributed by atoms with Crippen LogP contribution in [0.15, 0.2) is 18.5 Å². The van der Waals surface area contributed by atoms with Crippen LogP contribution in [0.3, 0.4) is 0 Å². The van der Waals surface area contributed by atoms with Crippen LogP contribution in [-0.4, -0.2) is 23.0 Å². The van der Waals surface area contributed by atoms with E-state index in [1.165, 1.54) is 37.7 Å². The van der Waals surface area contributed by atoms with Crippen molar-refractivity contribution >= 4 is 5.91 Å². The number of rotatable bonds is 3. The molecule has 0 radical (unpaired) electrons. The summed E-state index contributed by atoms with van der Waals surface area (Å²) in [6, 6.07) is 2.53. The zero-order chi connectivity index (χ0) is 14.7. The predicted octanol–water partition coefficient (Wildman–Crippen LogP) is 2.32. The van der Waals surface area contributed by atoms with Gasteiger partial charge in [0.25, 0.3) is 0 Å². The quantitative estimate of drug-likeness (QED) is 0.897. The van der Waals surface area contributed by atoms with Crippen molar-refractivity contribution in [2.75, 3.05) is 0 Å². The third-order valence-electron chi connectivity index (χ3n) is 5.07. The van der Waals surface area contributed by atoms with E-state index >= 15 is 0 Å². The second-order valence-electron chi connectivity index (χ2n) is 6.47. The Balaban J connectivity index is 1.53. The average Bonchev–Trinajstić information content (AvgIpc) is 2.53. The van der Waals surface area contributed by atoms with Crippen molar-refractivity contribution in [2.45, 2.75) is 64.1 Å². The summed E-state index contributed by atoms with van der Waals surface area (Å²) < 4.78 is 0. The number of amides is 1. The highest BCUT2D eigenvalue weighted by molar-refractivity contribution is 5.81. The Morgan fingerprint density at radius 3 is 3.05 bits per heavy atom. The summed E-state index contributed by atoms with van der Waals surface area (Å²) in [4.78, 5) is 16.5. The number of carbonyl (C=O) groups excluding carboxylic acids is 1. The number of piperidine rings is 1. The molecule has 1 aromatic rings. The maximum absolute atomic E-state index is 12.4. The lowest BCUT2D eigenvalue weighted by Gasteiger charge is -2.39. The number of hydrogen-bond acceptors (Lipinski definition) is 3. The molecule has 0 aromatic carbocycles. The molecule has 114 valence electrons. The van der Waals surface area contributed by atoms with Crippen molar-refractivity contribution in [3.05, 3.63) is 29.6 Å². The van der Waals surface area contributed by atoms with Crippen LogP contribution in [0.1, 0.15) is 49.7 Å². The summed E-state index contributed by atoms with van der Waals surface area (Å²) in [5.74, 6) is 0.936. The van der Waals surface area contributed by atoms with Crippen molar-refractivity contribution < 1.29 is 4.79 Å². The molecule has 4 nitrogen and oxygen atoms in total. The molecule has 1 saturated carbocycles. The number of nitrogens with one attached hydrogen (secondary N) is 2. The minimum absolute atomic E-state index is 0.0127. The first kappa shape index (κ1) is 14.5. The Morgan fingerprint density at radius 1 is 1.33 bits per heavy atom. The molecule has 3 rings (SSSR count). The highest BCUT2D eigenvalue weighted by atomic mass is 16.2. The van der Waals surface area contributed by atoms with Crippen LogP contribution >= 0.6 is 0 Å². The topological polar surface area (TPSA) is 54.0 Å². The molecule has 1 saturated heterocycles. The van der Waals surface area contributed by atoms with Crippen LogP contribution < -0.4 is 10.6 Å². The van der Waals surface area contributed by atoms with E-state index in [0.29, 0.717) is 12.6 Å². The van der Waals surface area contributed by atoms with Crippen molar-refractivity contribution in [1.29, 1.82) is 0 Å². The van der Waals surface area contributed by atoms with Gasteiger partial charge in [-0.25, -0.2) is 0 Å². The molecule has 1 aromatic heterocycles. The summed E-state index contributed by atoms with van der Waals surface area (Å²) in [5, 5.41) is 6.64. The van der Waals surface area contributed by atoms with Gasteiger partial charge in [0.1, 0.15) is 0 Å². The van der Waals surface area contributed by atoms with Gasteiger partial charge in [0.2, 0.25) is 5.91 Å². The Morgan fingerprint density at radius 2 is 2.19 bits per heavy atom. The lowest BCUT2D eigenvalue weighted by molar-refractivity contribution is -0.124. The molecule has 1 aliphatic heterocycles. The summed E-state index contributed by atoms with van der Waals surface area (Å²) in [6.45, 7) is 2.62. The van der Waals surface area contributed by atoms with Gasteiger partial charge in [-0.3, -0.25) is 9.78 Å². The maximum Gasteiger partial charge on any atom is 0.237 e. The second-order valence-corrected chi connectivity index (χ2v) is 6.47. The number of hydrogen-bond donors (Lipinski definition) is 2. The number of nitrogens with zero attached hydrogens (tertiary/aromatic N) is 1. The van der Waals surface area contributed by atoms with Gasteiger partial charge >= 0.3 is 0 Å². The van der Waals surface area contributed by atoms with Crippen LogP contribution in [0.25, 0.3) is 0 Å². The Kier molecular flexibility index (Phi) is 4.54. The third-order valence-corrected chi connectivity index (χ3v) is 5.07. The fourth-order valence-corrected chi connectivity index (χ4v) is 3.69. The van der Waals surface area contributed by atoms with Crippen molar-refractivity contribution in [2.24, 2.45) is 5.92 Å². The lowest BCUT2D eigenvalue weighted by atomic mass is 9.77. The first-order chi connectivity index (χ1) is 10.2. The zero-order valence-electron chi connectivity index (χ0n) is 12.8. The highest BCUT2D eigenvalue weighted by Gasteiger charge is 2.34. The number of fused-ring (bicyclic) bond motifs is 1. The Labute approximate surface area is 126 Å². The molecule has 1 amide bonds. The molecule has 4 heteroatoms. The molecule has 2 fully saturated rings.